The van der Waals surface area contributed by atoms with Crippen molar-refractivity contribution in [3.63, 3.8) is 0 Å². The molecule has 164 valence electrons. The maximum atomic E-state index is 13.4. The lowest BCUT2D eigenvalue weighted by molar-refractivity contribution is -0.117. The molecule has 2 aromatic carbocycles. The number of aromatic amines is 1. The summed E-state index contributed by atoms with van der Waals surface area (Å²) in [5.41, 5.74) is 4.34. The summed E-state index contributed by atoms with van der Waals surface area (Å²) < 4.78 is 5.22. The number of H-pyrrole nitrogens is 1. The van der Waals surface area contributed by atoms with E-state index in [1.807, 2.05) is 36.4 Å². The standard InChI is InChI=1S/C23H24N6O3/c1-32-15-7-5-14(6-8-15)21-20-22(27-26-21)16-3-2-4-17(19(16)23(20)31)25-18(30)13-28-9-11-29(24)12-10-28/h2-8H,9-13,24H2,1H3,(H,25,30)(H,26,27). The number of ketones is 1. The van der Waals surface area contributed by atoms with Gasteiger partial charge in [0, 0.05) is 37.3 Å². The largest absolute Gasteiger partial charge is 0.497 e. The van der Waals surface area contributed by atoms with Crippen LogP contribution in [0.25, 0.3) is 22.5 Å². The maximum Gasteiger partial charge on any atom is 0.238 e. The van der Waals surface area contributed by atoms with Crippen LogP contribution < -0.4 is 15.9 Å². The van der Waals surface area contributed by atoms with Crippen LogP contribution in [-0.4, -0.2) is 71.6 Å². The summed E-state index contributed by atoms with van der Waals surface area (Å²) in [4.78, 5) is 28.2. The number of carbonyl (C=O) groups excluding carboxylic acids is 2. The highest BCUT2D eigenvalue weighted by Gasteiger charge is 2.35. The van der Waals surface area contributed by atoms with Crippen LogP contribution >= 0.6 is 0 Å². The van der Waals surface area contributed by atoms with Gasteiger partial charge in [0.2, 0.25) is 5.91 Å². The topological polar surface area (TPSA) is 117 Å². The summed E-state index contributed by atoms with van der Waals surface area (Å²) >= 11 is 0. The third-order valence-electron chi connectivity index (χ3n) is 5.97. The van der Waals surface area contributed by atoms with Gasteiger partial charge in [-0.3, -0.25) is 25.4 Å². The molecule has 3 aromatic rings. The first-order valence-corrected chi connectivity index (χ1v) is 10.5. The third-order valence-corrected chi connectivity index (χ3v) is 5.97. The van der Waals surface area contributed by atoms with E-state index in [1.165, 1.54) is 0 Å². The summed E-state index contributed by atoms with van der Waals surface area (Å²) in [6.07, 6.45) is 0. The molecule has 1 fully saturated rings. The number of piperazine rings is 1. The second kappa shape index (κ2) is 8.19. The Morgan fingerprint density at radius 2 is 1.88 bits per heavy atom. The van der Waals surface area contributed by atoms with Crippen molar-refractivity contribution in [1.82, 2.24) is 20.1 Å². The summed E-state index contributed by atoms with van der Waals surface area (Å²) in [5.74, 6) is 6.21. The highest BCUT2D eigenvalue weighted by molar-refractivity contribution is 6.27. The molecule has 0 spiro atoms. The Morgan fingerprint density at radius 1 is 1.12 bits per heavy atom. The monoisotopic (exact) mass is 432 g/mol. The van der Waals surface area contributed by atoms with Crippen molar-refractivity contribution in [2.75, 3.05) is 45.2 Å². The highest BCUT2D eigenvalue weighted by Crippen LogP contribution is 2.43. The van der Waals surface area contributed by atoms with Gasteiger partial charge in [-0.2, -0.15) is 5.10 Å². The van der Waals surface area contributed by atoms with Gasteiger partial charge >= 0.3 is 0 Å². The van der Waals surface area contributed by atoms with Gasteiger partial charge < -0.3 is 10.1 Å². The number of hydrazine groups is 1. The Balaban J connectivity index is 1.40. The molecule has 2 heterocycles. The van der Waals surface area contributed by atoms with Gasteiger partial charge in [0.25, 0.3) is 0 Å². The lowest BCUT2D eigenvalue weighted by atomic mass is 10.0. The first kappa shape index (κ1) is 20.4. The number of nitrogens with one attached hydrogen (secondary N) is 2. The minimum Gasteiger partial charge on any atom is -0.497 e. The van der Waals surface area contributed by atoms with E-state index >= 15 is 0 Å². The van der Waals surface area contributed by atoms with Crippen LogP contribution in [0.3, 0.4) is 0 Å². The Hall–Kier alpha value is -3.53. The van der Waals surface area contributed by atoms with Crippen molar-refractivity contribution in [3.05, 3.63) is 53.6 Å². The van der Waals surface area contributed by atoms with Crippen LogP contribution in [-0.2, 0) is 4.79 Å². The number of aromatic nitrogens is 2. The summed E-state index contributed by atoms with van der Waals surface area (Å²) in [5, 5.41) is 12.1. The van der Waals surface area contributed by atoms with Crippen molar-refractivity contribution < 1.29 is 14.3 Å². The predicted octanol–water partition coefficient (Wildman–Crippen LogP) is 1.73. The van der Waals surface area contributed by atoms with Gasteiger partial charge in [-0.15, -0.1) is 0 Å². The van der Waals surface area contributed by atoms with Crippen LogP contribution in [0.5, 0.6) is 5.75 Å². The van der Waals surface area contributed by atoms with Gasteiger partial charge in [0.05, 0.1) is 36.2 Å². The number of hydrogen-bond donors (Lipinski definition) is 3. The van der Waals surface area contributed by atoms with Crippen molar-refractivity contribution in [2.24, 2.45) is 5.84 Å². The Morgan fingerprint density at radius 3 is 2.59 bits per heavy atom. The van der Waals surface area contributed by atoms with Crippen molar-refractivity contribution in [3.8, 4) is 28.3 Å². The summed E-state index contributed by atoms with van der Waals surface area (Å²) in [6.45, 7) is 3.18. The molecule has 1 saturated heterocycles. The zero-order valence-corrected chi connectivity index (χ0v) is 17.7. The van der Waals surface area contributed by atoms with E-state index in [0.29, 0.717) is 28.2 Å². The number of methoxy groups -OCH3 is 1. The number of rotatable bonds is 5. The van der Waals surface area contributed by atoms with Crippen molar-refractivity contribution in [1.29, 1.82) is 0 Å². The number of amides is 1. The van der Waals surface area contributed by atoms with Gasteiger partial charge in [0.1, 0.15) is 11.4 Å². The average Bonchev–Trinajstić information content (AvgIpc) is 3.36. The number of nitrogens with zero attached hydrogens (tertiary/aromatic N) is 3. The SMILES string of the molecule is COc1ccc(-c2n[nH]c3c2C(=O)c2c(NC(=O)CN4CCN(N)CC4)cccc2-3)cc1. The minimum atomic E-state index is -0.152. The second-order valence-corrected chi connectivity index (χ2v) is 7.97. The number of hydrogen-bond acceptors (Lipinski definition) is 7. The Bertz CT molecular complexity index is 1180. The molecule has 9 heteroatoms. The number of carbonyl (C=O) groups is 2. The van der Waals surface area contributed by atoms with Gasteiger partial charge in [0.15, 0.2) is 5.78 Å². The third kappa shape index (κ3) is 3.56. The molecule has 5 rings (SSSR count). The van der Waals surface area contributed by atoms with Crippen LogP contribution in [0.2, 0.25) is 0 Å². The lowest BCUT2D eigenvalue weighted by Gasteiger charge is -2.31. The molecule has 2 aliphatic rings. The first-order chi connectivity index (χ1) is 15.5. The zero-order chi connectivity index (χ0) is 22.2. The van der Waals surface area contributed by atoms with Crippen LogP contribution in [0.4, 0.5) is 5.69 Å². The first-order valence-electron chi connectivity index (χ1n) is 10.5. The number of fused-ring (bicyclic) bond motifs is 3. The molecule has 1 aliphatic heterocycles. The molecule has 4 N–H and O–H groups in total. The van der Waals surface area contributed by atoms with Crippen molar-refractivity contribution in [2.45, 2.75) is 0 Å². The fraction of sp³-hybridized carbons (Fsp3) is 0.261. The second-order valence-electron chi connectivity index (χ2n) is 7.97. The average molecular weight is 432 g/mol. The van der Waals surface area contributed by atoms with E-state index in [9.17, 15) is 9.59 Å². The number of nitrogens with two attached hydrogens (primary N) is 1. The minimum absolute atomic E-state index is 0.151. The van der Waals surface area contributed by atoms with Gasteiger partial charge in [-0.25, -0.2) is 5.01 Å². The number of anilines is 1. The molecule has 0 bridgehead atoms. The van der Waals surface area contributed by atoms with E-state index < -0.39 is 0 Å². The summed E-state index contributed by atoms with van der Waals surface area (Å²) in [6, 6.07) is 12.9. The smallest absolute Gasteiger partial charge is 0.238 e. The number of ether oxygens (including phenoxy) is 1. The molecule has 1 amide bonds. The van der Waals surface area contributed by atoms with Crippen LogP contribution in [0.15, 0.2) is 42.5 Å². The van der Waals surface area contributed by atoms with E-state index in [0.717, 1.165) is 43.1 Å². The molecule has 1 aromatic heterocycles. The van der Waals surface area contributed by atoms with E-state index in [1.54, 1.807) is 18.2 Å². The molecular weight excluding hydrogens is 408 g/mol. The summed E-state index contributed by atoms with van der Waals surface area (Å²) in [7, 11) is 1.61. The molecule has 0 radical (unpaired) electrons. The molecule has 32 heavy (non-hydrogen) atoms. The van der Waals surface area contributed by atoms with Gasteiger partial charge in [-0.1, -0.05) is 12.1 Å². The van der Waals surface area contributed by atoms with E-state index in [2.05, 4.69) is 20.4 Å². The molecule has 0 atom stereocenters. The molecular formula is C23H24N6O3. The highest BCUT2D eigenvalue weighted by atomic mass is 16.5. The molecule has 0 saturated carbocycles. The molecule has 1 aliphatic carbocycles. The fourth-order valence-electron chi connectivity index (χ4n) is 4.26. The van der Waals surface area contributed by atoms with Crippen LogP contribution in [0.1, 0.15) is 15.9 Å². The van der Waals surface area contributed by atoms with E-state index in [-0.39, 0.29) is 18.2 Å². The van der Waals surface area contributed by atoms with Crippen LogP contribution in [0, 0.1) is 0 Å². The quantitative estimate of drug-likeness (QED) is 0.411. The van der Waals surface area contributed by atoms with Crippen molar-refractivity contribution >= 4 is 17.4 Å². The number of benzene rings is 2. The molecule has 9 nitrogen and oxygen atoms in total. The molecule has 0 unspecified atom stereocenters. The Kier molecular flexibility index (Phi) is 5.22. The fourth-order valence-corrected chi connectivity index (χ4v) is 4.26. The zero-order valence-electron chi connectivity index (χ0n) is 17.7. The Labute approximate surface area is 185 Å². The predicted molar refractivity (Wildman–Crippen MR) is 120 cm³/mol. The maximum absolute atomic E-state index is 13.4. The normalized spacial score (nSPS) is 16.0. The van der Waals surface area contributed by atoms with E-state index in [4.69, 9.17) is 10.6 Å². The van der Waals surface area contributed by atoms with Gasteiger partial charge in [-0.05, 0) is 30.3 Å². The lowest BCUT2D eigenvalue weighted by Crippen LogP contribution is -2.51.